The Labute approximate surface area is 167 Å². The smallest absolute Gasteiger partial charge is 0.253 e. The standard InChI is InChI=1S/C23H29N3O2/c1-3-18-6-8-19(9-7-18)17(2)25-22(27)16-24-21-12-10-20(11-13-21)23(28)26-14-4-5-15-26/h6-13,17,24H,3-5,14-16H2,1-2H3,(H,25,27). The van der Waals surface area contributed by atoms with E-state index in [0.29, 0.717) is 5.56 Å². The molecule has 0 spiro atoms. The predicted molar refractivity (Wildman–Crippen MR) is 112 cm³/mol. The van der Waals surface area contributed by atoms with Crippen LogP contribution in [0, 0.1) is 0 Å². The van der Waals surface area contributed by atoms with Crippen LogP contribution in [0.5, 0.6) is 0 Å². The van der Waals surface area contributed by atoms with Gasteiger partial charge in [-0.1, -0.05) is 31.2 Å². The molecule has 1 unspecified atom stereocenters. The molecular weight excluding hydrogens is 350 g/mol. The van der Waals surface area contributed by atoms with Crippen molar-refractivity contribution in [2.45, 2.75) is 39.2 Å². The van der Waals surface area contributed by atoms with Crippen LogP contribution in [-0.4, -0.2) is 36.3 Å². The third kappa shape index (κ3) is 5.12. The second-order valence-electron chi connectivity index (χ2n) is 7.31. The van der Waals surface area contributed by atoms with Gasteiger partial charge >= 0.3 is 0 Å². The first kappa shape index (κ1) is 19.9. The molecule has 148 valence electrons. The van der Waals surface area contributed by atoms with Gasteiger partial charge in [0.1, 0.15) is 0 Å². The Bertz CT molecular complexity index is 794. The zero-order chi connectivity index (χ0) is 19.9. The molecule has 1 heterocycles. The first-order valence-electron chi connectivity index (χ1n) is 10.1. The van der Waals surface area contributed by atoms with E-state index in [4.69, 9.17) is 0 Å². The van der Waals surface area contributed by atoms with Crippen LogP contribution < -0.4 is 10.6 Å². The van der Waals surface area contributed by atoms with Crippen molar-refractivity contribution in [2.24, 2.45) is 0 Å². The zero-order valence-corrected chi connectivity index (χ0v) is 16.7. The fourth-order valence-electron chi connectivity index (χ4n) is 3.43. The molecule has 3 rings (SSSR count). The SMILES string of the molecule is CCc1ccc(C(C)NC(=O)CNc2ccc(C(=O)N3CCCC3)cc2)cc1. The average molecular weight is 380 g/mol. The highest BCUT2D eigenvalue weighted by Crippen LogP contribution is 2.16. The van der Waals surface area contributed by atoms with E-state index in [2.05, 4.69) is 41.8 Å². The van der Waals surface area contributed by atoms with Crippen LogP contribution in [0.4, 0.5) is 5.69 Å². The van der Waals surface area contributed by atoms with E-state index in [1.54, 1.807) is 0 Å². The topological polar surface area (TPSA) is 61.4 Å². The molecule has 1 saturated heterocycles. The molecule has 2 N–H and O–H groups in total. The second-order valence-corrected chi connectivity index (χ2v) is 7.31. The van der Waals surface area contributed by atoms with Crippen molar-refractivity contribution >= 4 is 17.5 Å². The van der Waals surface area contributed by atoms with Gasteiger partial charge in [-0.05, 0) is 61.6 Å². The molecule has 1 atom stereocenters. The number of likely N-dealkylation sites (tertiary alicyclic amines) is 1. The van der Waals surface area contributed by atoms with Gasteiger partial charge in [-0.15, -0.1) is 0 Å². The van der Waals surface area contributed by atoms with Crippen LogP contribution in [0.3, 0.4) is 0 Å². The van der Waals surface area contributed by atoms with E-state index in [0.717, 1.165) is 43.6 Å². The maximum absolute atomic E-state index is 12.4. The number of nitrogens with zero attached hydrogens (tertiary/aromatic N) is 1. The Morgan fingerprint density at radius 3 is 2.25 bits per heavy atom. The Balaban J connectivity index is 1.47. The molecule has 1 fully saturated rings. The van der Waals surface area contributed by atoms with Crippen LogP contribution >= 0.6 is 0 Å². The van der Waals surface area contributed by atoms with Crippen LogP contribution in [0.2, 0.25) is 0 Å². The number of hydrogen-bond acceptors (Lipinski definition) is 3. The minimum Gasteiger partial charge on any atom is -0.376 e. The molecule has 0 saturated carbocycles. The fourth-order valence-corrected chi connectivity index (χ4v) is 3.43. The lowest BCUT2D eigenvalue weighted by Gasteiger charge is -2.16. The molecule has 2 amide bonds. The number of hydrogen-bond donors (Lipinski definition) is 2. The highest BCUT2D eigenvalue weighted by molar-refractivity contribution is 5.94. The molecule has 0 aromatic heterocycles. The van der Waals surface area contributed by atoms with E-state index in [1.165, 1.54) is 5.56 Å². The highest BCUT2D eigenvalue weighted by atomic mass is 16.2. The zero-order valence-electron chi connectivity index (χ0n) is 16.7. The van der Waals surface area contributed by atoms with Crippen LogP contribution in [0.15, 0.2) is 48.5 Å². The lowest BCUT2D eigenvalue weighted by molar-refractivity contribution is -0.120. The Hall–Kier alpha value is -2.82. The summed E-state index contributed by atoms with van der Waals surface area (Å²) >= 11 is 0. The maximum atomic E-state index is 12.4. The van der Waals surface area contributed by atoms with Crippen molar-refractivity contribution in [3.05, 3.63) is 65.2 Å². The maximum Gasteiger partial charge on any atom is 0.253 e. The van der Waals surface area contributed by atoms with E-state index >= 15 is 0 Å². The number of amides is 2. The van der Waals surface area contributed by atoms with Gasteiger partial charge in [0.05, 0.1) is 12.6 Å². The van der Waals surface area contributed by atoms with Crippen molar-refractivity contribution in [3.8, 4) is 0 Å². The third-order valence-electron chi connectivity index (χ3n) is 5.24. The summed E-state index contributed by atoms with van der Waals surface area (Å²) in [5.74, 6) is 0.0222. The lowest BCUT2D eigenvalue weighted by atomic mass is 10.1. The number of carbonyl (C=O) groups is 2. The molecule has 1 aliphatic rings. The normalized spacial score (nSPS) is 14.6. The van der Waals surface area contributed by atoms with Gasteiger partial charge in [0.25, 0.3) is 5.91 Å². The van der Waals surface area contributed by atoms with Gasteiger partial charge in [-0.2, -0.15) is 0 Å². The molecular formula is C23H29N3O2. The third-order valence-corrected chi connectivity index (χ3v) is 5.24. The predicted octanol–water partition coefficient (Wildman–Crippen LogP) is 3.77. The molecule has 2 aromatic carbocycles. The Morgan fingerprint density at radius 1 is 1.00 bits per heavy atom. The summed E-state index contributed by atoms with van der Waals surface area (Å²) in [6.07, 6.45) is 3.18. The summed E-state index contributed by atoms with van der Waals surface area (Å²) in [7, 11) is 0. The minimum atomic E-state index is -0.0655. The van der Waals surface area contributed by atoms with Crippen molar-refractivity contribution in [1.29, 1.82) is 0 Å². The summed E-state index contributed by atoms with van der Waals surface area (Å²) in [6, 6.07) is 15.6. The number of aryl methyl sites for hydroxylation is 1. The van der Waals surface area contributed by atoms with Crippen molar-refractivity contribution in [1.82, 2.24) is 10.2 Å². The summed E-state index contributed by atoms with van der Waals surface area (Å²) in [6.45, 7) is 5.99. The highest BCUT2D eigenvalue weighted by Gasteiger charge is 2.19. The molecule has 0 aliphatic carbocycles. The monoisotopic (exact) mass is 379 g/mol. The van der Waals surface area contributed by atoms with Gasteiger partial charge in [0.2, 0.25) is 5.91 Å². The molecule has 2 aromatic rings. The van der Waals surface area contributed by atoms with Crippen LogP contribution in [0.25, 0.3) is 0 Å². The molecule has 1 aliphatic heterocycles. The van der Waals surface area contributed by atoms with Crippen molar-refractivity contribution in [3.63, 3.8) is 0 Å². The largest absolute Gasteiger partial charge is 0.376 e. The first-order valence-corrected chi connectivity index (χ1v) is 10.1. The van der Waals surface area contributed by atoms with Crippen molar-refractivity contribution < 1.29 is 9.59 Å². The van der Waals surface area contributed by atoms with Gasteiger partial charge in [0, 0.05) is 24.3 Å². The number of carbonyl (C=O) groups excluding carboxylic acids is 2. The fraction of sp³-hybridized carbons (Fsp3) is 0.391. The summed E-state index contributed by atoms with van der Waals surface area (Å²) in [4.78, 5) is 26.5. The molecule has 0 bridgehead atoms. The van der Waals surface area contributed by atoms with E-state index in [1.807, 2.05) is 36.1 Å². The van der Waals surface area contributed by atoms with E-state index < -0.39 is 0 Å². The number of anilines is 1. The Morgan fingerprint density at radius 2 is 1.64 bits per heavy atom. The number of rotatable bonds is 7. The molecule has 28 heavy (non-hydrogen) atoms. The van der Waals surface area contributed by atoms with Gasteiger partial charge < -0.3 is 15.5 Å². The van der Waals surface area contributed by atoms with Gasteiger partial charge in [0.15, 0.2) is 0 Å². The van der Waals surface area contributed by atoms with Crippen LogP contribution in [-0.2, 0) is 11.2 Å². The lowest BCUT2D eigenvalue weighted by Crippen LogP contribution is -2.32. The van der Waals surface area contributed by atoms with Crippen LogP contribution in [0.1, 0.15) is 54.2 Å². The summed E-state index contributed by atoms with van der Waals surface area (Å²) in [5.41, 5.74) is 3.90. The second kappa shape index (κ2) is 9.40. The van der Waals surface area contributed by atoms with E-state index in [9.17, 15) is 9.59 Å². The van der Waals surface area contributed by atoms with Gasteiger partial charge in [-0.3, -0.25) is 9.59 Å². The average Bonchev–Trinajstić information content (AvgIpc) is 3.27. The van der Waals surface area contributed by atoms with Crippen molar-refractivity contribution in [2.75, 3.05) is 25.0 Å². The molecule has 0 radical (unpaired) electrons. The molecule has 5 heteroatoms. The van der Waals surface area contributed by atoms with E-state index in [-0.39, 0.29) is 24.4 Å². The minimum absolute atomic E-state index is 0.0411. The summed E-state index contributed by atoms with van der Waals surface area (Å²) < 4.78 is 0. The Kier molecular flexibility index (Phi) is 6.69. The quantitative estimate of drug-likeness (QED) is 0.770. The number of benzene rings is 2. The number of nitrogens with one attached hydrogen (secondary N) is 2. The molecule has 5 nitrogen and oxygen atoms in total. The first-order chi connectivity index (χ1) is 13.6. The van der Waals surface area contributed by atoms with Gasteiger partial charge in [-0.25, -0.2) is 0 Å². The summed E-state index contributed by atoms with van der Waals surface area (Å²) in [5, 5.41) is 6.13.